The van der Waals surface area contributed by atoms with Crippen LogP contribution >= 0.6 is 0 Å². The first-order valence-corrected chi connectivity index (χ1v) is 5.66. The largest absolute Gasteiger partial charge is 0.472 e. The number of pyridine rings is 1. The van der Waals surface area contributed by atoms with Gasteiger partial charge in [0.05, 0.1) is 5.69 Å². The molecule has 0 aliphatic heterocycles. The lowest BCUT2D eigenvalue weighted by atomic mass is 10.1. The third kappa shape index (κ3) is 4.62. The highest BCUT2D eigenvalue weighted by atomic mass is 19.4. The maximum atomic E-state index is 12.5. The van der Waals surface area contributed by atoms with E-state index in [9.17, 15) is 18.0 Å². The molecule has 1 N–H and O–H groups in total. The molecule has 1 heterocycles. The lowest BCUT2D eigenvalue weighted by Crippen LogP contribution is -2.10. The van der Waals surface area contributed by atoms with Gasteiger partial charge in [-0.15, -0.1) is 0 Å². The number of nitrogens with zero attached hydrogens (tertiary/aromatic N) is 1. The minimum Gasteiger partial charge on any atom is -0.472 e. The maximum Gasteiger partial charge on any atom is 0.433 e. The van der Waals surface area contributed by atoms with Crippen LogP contribution in [0.4, 0.5) is 13.2 Å². The number of carboxylic acid groups (broad SMARTS) is 1. The molecular weight excluding hydrogens is 259 g/mol. The molecule has 0 aliphatic carbocycles. The molecule has 0 aromatic carbocycles. The summed E-state index contributed by atoms with van der Waals surface area (Å²) in [5.41, 5.74) is -0.575. The number of hydrogen-bond donors (Lipinski definition) is 1. The fraction of sp³-hybridized carbons (Fsp3) is 0.385. The predicted molar refractivity (Wildman–Crippen MR) is 62.4 cm³/mol. The number of rotatable bonds is 3. The van der Waals surface area contributed by atoms with Crippen molar-refractivity contribution >= 4 is 5.97 Å². The number of carboxylic acids is 1. The normalized spacial score (nSPS) is 10.7. The van der Waals surface area contributed by atoms with E-state index in [4.69, 9.17) is 5.11 Å². The van der Waals surface area contributed by atoms with E-state index in [1.165, 1.54) is 0 Å². The first-order valence-electron chi connectivity index (χ1n) is 5.66. The molecule has 0 unspecified atom stereocenters. The third-order valence-electron chi connectivity index (χ3n) is 2.34. The summed E-state index contributed by atoms with van der Waals surface area (Å²) in [6.07, 6.45) is -2.72. The van der Waals surface area contributed by atoms with Crippen molar-refractivity contribution in [3.63, 3.8) is 0 Å². The van der Waals surface area contributed by atoms with Crippen molar-refractivity contribution in [2.24, 2.45) is 0 Å². The van der Waals surface area contributed by atoms with E-state index in [0.717, 1.165) is 18.6 Å². The van der Waals surface area contributed by atoms with Crippen molar-refractivity contribution < 1.29 is 23.1 Å². The van der Waals surface area contributed by atoms with Crippen LogP contribution in [0.3, 0.4) is 0 Å². The van der Waals surface area contributed by atoms with Crippen molar-refractivity contribution in [3.8, 4) is 11.8 Å². The Labute approximate surface area is 108 Å². The van der Waals surface area contributed by atoms with Gasteiger partial charge in [-0.2, -0.15) is 13.2 Å². The SMILES string of the molecule is CCCCc1nc(C(F)(F)F)ccc1C#CC(=O)O. The molecule has 0 saturated carbocycles. The van der Waals surface area contributed by atoms with Crippen LogP contribution in [-0.2, 0) is 17.4 Å². The molecule has 0 aliphatic rings. The van der Waals surface area contributed by atoms with Crippen molar-refractivity contribution in [3.05, 3.63) is 29.1 Å². The van der Waals surface area contributed by atoms with E-state index in [0.29, 0.717) is 12.8 Å². The van der Waals surface area contributed by atoms with Gasteiger partial charge in [0, 0.05) is 11.5 Å². The highest BCUT2D eigenvalue weighted by molar-refractivity contribution is 5.87. The molecule has 0 spiro atoms. The quantitative estimate of drug-likeness (QED) is 0.860. The number of unbranched alkanes of at least 4 members (excludes halogenated alkanes) is 1. The number of carbonyl (C=O) groups is 1. The molecule has 0 fully saturated rings. The Bertz CT molecular complexity index is 527. The first-order chi connectivity index (χ1) is 8.84. The van der Waals surface area contributed by atoms with E-state index in [2.05, 4.69) is 10.9 Å². The van der Waals surface area contributed by atoms with Gasteiger partial charge in [-0.3, -0.25) is 0 Å². The molecule has 0 amide bonds. The van der Waals surface area contributed by atoms with E-state index in [-0.39, 0.29) is 11.3 Å². The summed E-state index contributed by atoms with van der Waals surface area (Å²) >= 11 is 0. The summed E-state index contributed by atoms with van der Waals surface area (Å²) in [4.78, 5) is 13.9. The van der Waals surface area contributed by atoms with Crippen LogP contribution in [0.5, 0.6) is 0 Å². The van der Waals surface area contributed by atoms with Gasteiger partial charge in [-0.25, -0.2) is 9.78 Å². The van der Waals surface area contributed by atoms with Crippen molar-refractivity contribution in [1.82, 2.24) is 4.98 Å². The molecule has 19 heavy (non-hydrogen) atoms. The second-order valence-electron chi connectivity index (χ2n) is 3.85. The Morgan fingerprint density at radius 2 is 2.11 bits per heavy atom. The topological polar surface area (TPSA) is 50.2 Å². The summed E-state index contributed by atoms with van der Waals surface area (Å²) in [5.74, 6) is 2.87. The summed E-state index contributed by atoms with van der Waals surface area (Å²) in [5, 5.41) is 8.45. The summed E-state index contributed by atoms with van der Waals surface area (Å²) < 4.78 is 37.6. The fourth-order valence-electron chi connectivity index (χ4n) is 1.43. The van der Waals surface area contributed by atoms with Gasteiger partial charge in [0.2, 0.25) is 0 Å². The second kappa shape index (κ2) is 6.23. The number of aliphatic carboxylic acids is 1. The van der Waals surface area contributed by atoms with Crippen LogP contribution < -0.4 is 0 Å². The second-order valence-corrected chi connectivity index (χ2v) is 3.85. The minimum absolute atomic E-state index is 0.186. The maximum absolute atomic E-state index is 12.5. The van der Waals surface area contributed by atoms with Gasteiger partial charge in [-0.1, -0.05) is 19.3 Å². The van der Waals surface area contributed by atoms with Gasteiger partial charge in [0.1, 0.15) is 5.69 Å². The van der Waals surface area contributed by atoms with Gasteiger partial charge in [0.15, 0.2) is 0 Å². The van der Waals surface area contributed by atoms with E-state index in [1.54, 1.807) is 0 Å². The van der Waals surface area contributed by atoms with Crippen molar-refractivity contribution in [2.75, 3.05) is 0 Å². The van der Waals surface area contributed by atoms with Gasteiger partial charge >= 0.3 is 12.1 Å². The molecule has 1 rings (SSSR count). The van der Waals surface area contributed by atoms with Gasteiger partial charge in [-0.05, 0) is 25.0 Å². The molecular formula is C13H12F3NO2. The van der Waals surface area contributed by atoms with Crippen molar-refractivity contribution in [1.29, 1.82) is 0 Å². The molecule has 0 atom stereocenters. The van der Waals surface area contributed by atoms with Crippen LogP contribution in [-0.4, -0.2) is 16.1 Å². The van der Waals surface area contributed by atoms with Gasteiger partial charge in [0.25, 0.3) is 0 Å². The molecule has 0 bridgehead atoms. The Kier molecular flexibility index (Phi) is 4.93. The number of aryl methyl sites for hydroxylation is 1. The predicted octanol–water partition coefficient (Wildman–Crippen LogP) is 2.88. The number of alkyl halides is 3. The Hall–Kier alpha value is -2.03. The number of hydrogen-bond acceptors (Lipinski definition) is 2. The number of aromatic nitrogens is 1. The van der Waals surface area contributed by atoms with Crippen LogP contribution in [0.25, 0.3) is 0 Å². The molecule has 1 aromatic rings. The zero-order valence-corrected chi connectivity index (χ0v) is 10.2. The average molecular weight is 271 g/mol. The summed E-state index contributed by atoms with van der Waals surface area (Å²) in [6.45, 7) is 1.90. The smallest absolute Gasteiger partial charge is 0.433 e. The zero-order chi connectivity index (χ0) is 14.5. The Morgan fingerprint density at radius 1 is 1.42 bits per heavy atom. The minimum atomic E-state index is -4.51. The molecule has 6 heteroatoms. The van der Waals surface area contributed by atoms with Crippen LogP contribution in [0.2, 0.25) is 0 Å². The third-order valence-corrected chi connectivity index (χ3v) is 2.34. The highest BCUT2D eigenvalue weighted by Gasteiger charge is 2.32. The van der Waals surface area contributed by atoms with E-state index in [1.807, 2.05) is 12.8 Å². The molecule has 3 nitrogen and oxygen atoms in total. The van der Waals surface area contributed by atoms with E-state index >= 15 is 0 Å². The van der Waals surface area contributed by atoms with Gasteiger partial charge < -0.3 is 5.11 Å². The summed E-state index contributed by atoms with van der Waals surface area (Å²) in [7, 11) is 0. The van der Waals surface area contributed by atoms with Crippen LogP contribution in [0.15, 0.2) is 12.1 Å². The number of halogens is 3. The molecule has 1 aromatic heterocycles. The summed E-state index contributed by atoms with van der Waals surface area (Å²) in [6, 6.07) is 1.97. The Morgan fingerprint density at radius 3 is 2.63 bits per heavy atom. The lowest BCUT2D eigenvalue weighted by molar-refractivity contribution is -0.141. The molecule has 102 valence electrons. The van der Waals surface area contributed by atoms with E-state index < -0.39 is 17.8 Å². The lowest BCUT2D eigenvalue weighted by Gasteiger charge is -2.09. The van der Waals surface area contributed by atoms with Crippen LogP contribution in [0, 0.1) is 11.8 Å². The average Bonchev–Trinajstić information content (AvgIpc) is 2.32. The Balaban J connectivity index is 3.17. The molecule has 0 saturated heterocycles. The molecule has 0 radical (unpaired) electrons. The fourth-order valence-corrected chi connectivity index (χ4v) is 1.43. The highest BCUT2D eigenvalue weighted by Crippen LogP contribution is 2.28. The van der Waals surface area contributed by atoms with Crippen LogP contribution in [0.1, 0.15) is 36.7 Å². The zero-order valence-electron chi connectivity index (χ0n) is 10.2. The standard InChI is InChI=1S/C13H12F3NO2/c1-2-3-4-10-9(6-8-12(18)19)5-7-11(17-10)13(14,15)16/h5,7H,2-4H2,1H3,(H,18,19). The van der Waals surface area contributed by atoms with Crippen molar-refractivity contribution in [2.45, 2.75) is 32.4 Å². The monoisotopic (exact) mass is 271 g/mol. The first kappa shape index (κ1) is 15.0.